The summed E-state index contributed by atoms with van der Waals surface area (Å²) in [6.07, 6.45) is -5.11. The third-order valence-electron chi connectivity index (χ3n) is 5.90. The number of hydrogen-bond donors (Lipinski definition) is 2. The van der Waals surface area contributed by atoms with E-state index in [4.69, 9.17) is 0 Å². The number of carbonyl (C=O) groups excluding carboxylic acids is 3. The maximum Gasteiger partial charge on any atom is 0.472 e. The number of alkyl halides is 3. The van der Waals surface area contributed by atoms with Crippen LogP contribution >= 0.6 is 0 Å². The highest BCUT2D eigenvalue weighted by Crippen LogP contribution is 2.22. The molecule has 194 valence electrons. The van der Waals surface area contributed by atoms with Crippen LogP contribution in [0.15, 0.2) is 54.6 Å². The van der Waals surface area contributed by atoms with Crippen molar-refractivity contribution in [2.24, 2.45) is 0 Å². The molecular formula is C25H30F3N5O3. The standard InChI is InChI=1S/C25H30F3N5O3/c1-24(2,3)32-15-13-31(14-16-32)23(36)33(20-7-5-4-6-8-20)17-18-9-11-19(12-10-18)21(34)29-30-22(35)25(26,27)28/h4-12H,13-17H2,1-3H3,(H,29,34)(H,30,35). The van der Waals surface area contributed by atoms with Crippen molar-refractivity contribution in [2.75, 3.05) is 31.1 Å². The Labute approximate surface area is 208 Å². The smallest absolute Gasteiger partial charge is 0.322 e. The molecule has 1 heterocycles. The van der Waals surface area contributed by atoms with Gasteiger partial charge >= 0.3 is 18.1 Å². The number of anilines is 1. The Balaban J connectivity index is 1.69. The number of nitrogens with one attached hydrogen (secondary N) is 2. The van der Waals surface area contributed by atoms with Gasteiger partial charge in [-0.2, -0.15) is 13.2 Å². The van der Waals surface area contributed by atoms with Crippen molar-refractivity contribution < 1.29 is 27.6 Å². The largest absolute Gasteiger partial charge is 0.472 e. The monoisotopic (exact) mass is 505 g/mol. The van der Waals surface area contributed by atoms with Crippen LogP contribution in [0.1, 0.15) is 36.7 Å². The first-order chi connectivity index (χ1) is 16.9. The SMILES string of the molecule is CC(C)(C)N1CCN(C(=O)N(Cc2ccc(C(=O)NNC(=O)C(F)(F)F)cc2)c2ccccc2)CC1. The Morgan fingerprint density at radius 2 is 1.44 bits per heavy atom. The normalized spacial score (nSPS) is 14.8. The molecule has 8 nitrogen and oxygen atoms in total. The van der Waals surface area contributed by atoms with E-state index < -0.39 is 18.0 Å². The molecule has 0 unspecified atom stereocenters. The fraction of sp³-hybridized carbons (Fsp3) is 0.400. The lowest BCUT2D eigenvalue weighted by molar-refractivity contribution is -0.174. The second kappa shape index (κ2) is 11.0. The van der Waals surface area contributed by atoms with E-state index >= 15 is 0 Å². The number of para-hydroxylation sites is 1. The summed E-state index contributed by atoms with van der Waals surface area (Å²) in [5.41, 5.74) is 4.58. The van der Waals surface area contributed by atoms with Crippen LogP contribution in [-0.2, 0) is 11.3 Å². The number of benzene rings is 2. The molecule has 0 aliphatic carbocycles. The van der Waals surface area contributed by atoms with E-state index in [1.54, 1.807) is 22.5 Å². The minimum atomic E-state index is -5.11. The molecule has 2 aromatic carbocycles. The van der Waals surface area contributed by atoms with Crippen molar-refractivity contribution in [1.82, 2.24) is 20.7 Å². The maximum absolute atomic E-state index is 13.5. The second-order valence-corrected chi connectivity index (χ2v) is 9.45. The molecule has 11 heteroatoms. The molecule has 1 aliphatic rings. The predicted octanol–water partition coefficient (Wildman–Crippen LogP) is 3.55. The average Bonchev–Trinajstić information content (AvgIpc) is 2.85. The zero-order chi connectivity index (χ0) is 26.5. The first-order valence-electron chi connectivity index (χ1n) is 11.5. The van der Waals surface area contributed by atoms with E-state index in [2.05, 4.69) is 25.7 Å². The first-order valence-corrected chi connectivity index (χ1v) is 11.5. The molecule has 2 aromatic rings. The van der Waals surface area contributed by atoms with Gasteiger partial charge in [0.05, 0.1) is 6.54 Å². The summed E-state index contributed by atoms with van der Waals surface area (Å²) in [5.74, 6) is -3.17. The number of hydrogen-bond acceptors (Lipinski definition) is 4. The molecule has 4 amide bonds. The number of nitrogens with zero attached hydrogens (tertiary/aromatic N) is 3. The number of amides is 4. The van der Waals surface area contributed by atoms with Crippen molar-refractivity contribution in [3.63, 3.8) is 0 Å². The molecular weight excluding hydrogens is 475 g/mol. The van der Waals surface area contributed by atoms with E-state index in [9.17, 15) is 27.6 Å². The molecule has 3 rings (SSSR count). The quantitative estimate of drug-likeness (QED) is 0.623. The van der Waals surface area contributed by atoms with Crippen LogP contribution in [0.3, 0.4) is 0 Å². The van der Waals surface area contributed by atoms with E-state index in [0.717, 1.165) is 24.3 Å². The molecule has 0 spiro atoms. The molecule has 0 atom stereocenters. The number of rotatable bonds is 4. The summed E-state index contributed by atoms with van der Waals surface area (Å²) in [4.78, 5) is 42.3. The summed E-state index contributed by atoms with van der Waals surface area (Å²) >= 11 is 0. The number of piperazine rings is 1. The zero-order valence-corrected chi connectivity index (χ0v) is 20.4. The number of carbonyl (C=O) groups is 3. The Kier molecular flexibility index (Phi) is 8.24. The lowest BCUT2D eigenvalue weighted by Gasteiger charge is -2.43. The third kappa shape index (κ3) is 6.97. The number of hydrazine groups is 1. The Hall–Kier alpha value is -3.60. The van der Waals surface area contributed by atoms with Gasteiger partial charge in [0.2, 0.25) is 0 Å². The fourth-order valence-electron chi connectivity index (χ4n) is 3.82. The van der Waals surface area contributed by atoms with Crippen LogP contribution in [0.25, 0.3) is 0 Å². The van der Waals surface area contributed by atoms with Crippen LogP contribution in [-0.4, -0.2) is 65.5 Å². The van der Waals surface area contributed by atoms with E-state index in [1.165, 1.54) is 17.6 Å². The van der Waals surface area contributed by atoms with Gasteiger partial charge in [-0.25, -0.2) is 4.79 Å². The van der Waals surface area contributed by atoms with Gasteiger partial charge in [-0.1, -0.05) is 30.3 Å². The molecule has 0 bridgehead atoms. The van der Waals surface area contributed by atoms with Crippen LogP contribution in [0.4, 0.5) is 23.7 Å². The van der Waals surface area contributed by atoms with Crippen molar-refractivity contribution in [3.8, 4) is 0 Å². The van der Waals surface area contributed by atoms with Crippen molar-refractivity contribution in [1.29, 1.82) is 0 Å². The Bertz CT molecular complexity index is 1060. The van der Waals surface area contributed by atoms with Gasteiger partial charge in [0, 0.05) is 43.0 Å². The molecule has 36 heavy (non-hydrogen) atoms. The van der Waals surface area contributed by atoms with Gasteiger partial charge in [-0.15, -0.1) is 0 Å². The predicted molar refractivity (Wildman–Crippen MR) is 129 cm³/mol. The number of urea groups is 1. The fourth-order valence-corrected chi connectivity index (χ4v) is 3.82. The van der Waals surface area contributed by atoms with Crippen LogP contribution in [0.5, 0.6) is 0 Å². The van der Waals surface area contributed by atoms with Gasteiger partial charge in [0.25, 0.3) is 5.91 Å². The van der Waals surface area contributed by atoms with Crippen LogP contribution in [0.2, 0.25) is 0 Å². The van der Waals surface area contributed by atoms with Crippen LogP contribution < -0.4 is 15.8 Å². The second-order valence-electron chi connectivity index (χ2n) is 9.45. The molecule has 0 radical (unpaired) electrons. The van der Waals surface area contributed by atoms with Gasteiger partial charge < -0.3 is 4.90 Å². The summed E-state index contributed by atoms with van der Waals surface area (Å²) in [5, 5.41) is 0. The summed E-state index contributed by atoms with van der Waals surface area (Å²) in [6, 6.07) is 15.2. The highest BCUT2D eigenvalue weighted by atomic mass is 19.4. The minimum Gasteiger partial charge on any atom is -0.322 e. The van der Waals surface area contributed by atoms with E-state index in [0.29, 0.717) is 13.1 Å². The Morgan fingerprint density at radius 1 is 0.861 bits per heavy atom. The maximum atomic E-state index is 13.5. The first kappa shape index (κ1) is 27.0. The average molecular weight is 506 g/mol. The summed E-state index contributed by atoms with van der Waals surface area (Å²) in [6.45, 7) is 9.41. The van der Waals surface area contributed by atoms with Crippen LogP contribution in [0, 0.1) is 0 Å². The van der Waals surface area contributed by atoms with Gasteiger partial charge in [0.15, 0.2) is 0 Å². The number of halogens is 3. The molecule has 1 fully saturated rings. The molecule has 1 aliphatic heterocycles. The lowest BCUT2D eigenvalue weighted by atomic mass is 10.1. The van der Waals surface area contributed by atoms with Crippen molar-refractivity contribution in [2.45, 2.75) is 39.0 Å². The molecule has 0 aromatic heterocycles. The summed E-state index contributed by atoms with van der Waals surface area (Å²) in [7, 11) is 0. The third-order valence-corrected chi connectivity index (χ3v) is 5.90. The Morgan fingerprint density at radius 3 is 1.97 bits per heavy atom. The highest BCUT2D eigenvalue weighted by Gasteiger charge is 2.39. The molecule has 2 N–H and O–H groups in total. The molecule has 0 saturated carbocycles. The van der Waals surface area contributed by atoms with E-state index in [-0.39, 0.29) is 23.7 Å². The van der Waals surface area contributed by atoms with Crippen molar-refractivity contribution in [3.05, 3.63) is 65.7 Å². The van der Waals surface area contributed by atoms with Gasteiger partial charge in [0.1, 0.15) is 0 Å². The van der Waals surface area contributed by atoms with Crippen molar-refractivity contribution >= 4 is 23.5 Å². The summed E-state index contributed by atoms with van der Waals surface area (Å²) < 4.78 is 36.9. The van der Waals surface area contributed by atoms with Gasteiger partial charge in [-0.3, -0.25) is 30.2 Å². The topological polar surface area (TPSA) is 85.0 Å². The highest BCUT2D eigenvalue weighted by molar-refractivity contribution is 5.96. The lowest BCUT2D eigenvalue weighted by Crippen LogP contribution is -2.57. The van der Waals surface area contributed by atoms with Gasteiger partial charge in [-0.05, 0) is 50.6 Å². The van der Waals surface area contributed by atoms with E-state index in [1.807, 2.05) is 35.2 Å². The minimum absolute atomic E-state index is 0.0256. The zero-order valence-electron chi connectivity index (χ0n) is 20.4. The molecule has 1 saturated heterocycles.